The molecular weight excluding hydrogens is 168 g/mol. The zero-order chi connectivity index (χ0) is 9.26. The van der Waals surface area contributed by atoms with E-state index in [1.54, 1.807) is 0 Å². The third-order valence-corrected chi connectivity index (χ3v) is 2.82. The number of hydrogen-bond donors (Lipinski definition) is 1. The first-order valence-corrected chi connectivity index (χ1v) is 4.89. The number of aliphatic hydroxyl groups is 1. The van der Waals surface area contributed by atoms with Crippen molar-refractivity contribution in [3.05, 3.63) is 12.7 Å². The van der Waals surface area contributed by atoms with Gasteiger partial charge >= 0.3 is 0 Å². The fourth-order valence-electron chi connectivity index (χ4n) is 2.07. The Kier molecular flexibility index (Phi) is 2.67. The van der Waals surface area contributed by atoms with E-state index in [2.05, 4.69) is 6.58 Å². The van der Waals surface area contributed by atoms with Crippen molar-refractivity contribution in [3.63, 3.8) is 0 Å². The predicted octanol–water partition coefficient (Wildman–Crippen LogP) is 0.870. The Labute approximate surface area is 78.3 Å². The number of hydrogen-bond acceptors (Lipinski definition) is 3. The molecule has 0 aromatic carbocycles. The van der Waals surface area contributed by atoms with Gasteiger partial charge in [0.2, 0.25) is 0 Å². The van der Waals surface area contributed by atoms with Gasteiger partial charge in [-0.05, 0) is 12.8 Å². The Morgan fingerprint density at radius 2 is 2.31 bits per heavy atom. The highest BCUT2D eigenvalue weighted by Crippen LogP contribution is 2.31. The van der Waals surface area contributed by atoms with Crippen LogP contribution >= 0.6 is 0 Å². The second kappa shape index (κ2) is 3.78. The first kappa shape index (κ1) is 9.19. The summed E-state index contributed by atoms with van der Waals surface area (Å²) in [6.45, 7) is 4.39. The maximum Gasteiger partial charge on any atom is 0.0981 e. The predicted molar refractivity (Wildman–Crippen MR) is 48.5 cm³/mol. The summed E-state index contributed by atoms with van der Waals surface area (Å²) in [7, 11) is 0. The fraction of sp³-hybridized carbons (Fsp3) is 0.800. The summed E-state index contributed by atoms with van der Waals surface area (Å²) in [6.07, 6.45) is 4.21. The maximum absolute atomic E-state index is 9.51. The Balaban J connectivity index is 1.94. The Bertz CT molecular complexity index is 179. The molecule has 74 valence electrons. The summed E-state index contributed by atoms with van der Waals surface area (Å²) < 4.78 is 11.2. The van der Waals surface area contributed by atoms with Gasteiger partial charge in [-0.25, -0.2) is 0 Å². The van der Waals surface area contributed by atoms with Gasteiger partial charge in [-0.3, -0.25) is 0 Å². The second-order valence-electron chi connectivity index (χ2n) is 3.73. The van der Waals surface area contributed by atoms with Crippen LogP contribution in [0.3, 0.4) is 0 Å². The van der Waals surface area contributed by atoms with Gasteiger partial charge in [0, 0.05) is 13.0 Å². The lowest BCUT2D eigenvalue weighted by atomic mass is 10.0. The molecule has 2 aliphatic rings. The van der Waals surface area contributed by atoms with Crippen LogP contribution in [0.4, 0.5) is 0 Å². The molecule has 0 radical (unpaired) electrons. The lowest BCUT2D eigenvalue weighted by Crippen LogP contribution is -2.29. The van der Waals surface area contributed by atoms with Gasteiger partial charge in [0.25, 0.3) is 0 Å². The molecule has 0 bridgehead atoms. The average Bonchev–Trinajstić information content (AvgIpc) is 2.59. The fourth-order valence-corrected chi connectivity index (χ4v) is 2.07. The van der Waals surface area contributed by atoms with E-state index >= 15 is 0 Å². The minimum Gasteiger partial charge on any atom is -0.386 e. The van der Waals surface area contributed by atoms with Crippen LogP contribution in [-0.2, 0) is 9.47 Å². The molecule has 2 rings (SSSR count). The molecule has 1 N–H and O–H groups in total. The molecule has 2 aliphatic heterocycles. The molecule has 3 heteroatoms. The molecule has 0 spiro atoms. The zero-order valence-corrected chi connectivity index (χ0v) is 7.69. The molecule has 2 fully saturated rings. The van der Waals surface area contributed by atoms with Crippen molar-refractivity contribution in [2.24, 2.45) is 0 Å². The van der Waals surface area contributed by atoms with Crippen molar-refractivity contribution < 1.29 is 14.6 Å². The Morgan fingerprint density at radius 1 is 1.46 bits per heavy atom. The normalized spacial score (nSPS) is 41.2. The smallest absolute Gasteiger partial charge is 0.0981 e. The lowest BCUT2D eigenvalue weighted by molar-refractivity contribution is -0.0706. The van der Waals surface area contributed by atoms with Crippen molar-refractivity contribution >= 4 is 0 Å². The van der Waals surface area contributed by atoms with Crippen LogP contribution in [0.25, 0.3) is 0 Å². The van der Waals surface area contributed by atoms with Crippen molar-refractivity contribution in [3.8, 4) is 0 Å². The van der Waals surface area contributed by atoms with E-state index in [0.717, 1.165) is 25.9 Å². The van der Waals surface area contributed by atoms with Crippen LogP contribution in [0.15, 0.2) is 12.7 Å². The molecule has 0 aromatic rings. The van der Waals surface area contributed by atoms with Crippen LogP contribution in [-0.4, -0.2) is 36.1 Å². The van der Waals surface area contributed by atoms with E-state index in [-0.39, 0.29) is 18.3 Å². The molecular formula is C10H16O3. The van der Waals surface area contributed by atoms with E-state index in [0.29, 0.717) is 0 Å². The molecule has 4 unspecified atom stereocenters. The van der Waals surface area contributed by atoms with Gasteiger partial charge in [-0.1, -0.05) is 6.08 Å². The summed E-state index contributed by atoms with van der Waals surface area (Å²) in [4.78, 5) is 0. The van der Waals surface area contributed by atoms with Crippen molar-refractivity contribution in [1.82, 2.24) is 0 Å². The number of aliphatic hydroxyl groups excluding tert-OH is 1. The molecule has 0 amide bonds. The van der Waals surface area contributed by atoms with Crippen molar-refractivity contribution in [2.45, 2.75) is 43.7 Å². The standard InChI is InChI=1S/C10H16O3/c1-2-7(11)9-6-10-8(13-9)4-3-5-12-10/h2,7-11H,1,3-6H2. The highest BCUT2D eigenvalue weighted by Gasteiger charge is 2.39. The summed E-state index contributed by atoms with van der Waals surface area (Å²) in [5.41, 5.74) is 0. The van der Waals surface area contributed by atoms with Gasteiger partial charge < -0.3 is 14.6 Å². The molecule has 2 heterocycles. The van der Waals surface area contributed by atoms with E-state index in [1.807, 2.05) is 0 Å². The Morgan fingerprint density at radius 3 is 3.00 bits per heavy atom. The summed E-state index contributed by atoms with van der Waals surface area (Å²) in [6, 6.07) is 0. The number of rotatable bonds is 2. The van der Waals surface area contributed by atoms with Crippen LogP contribution in [0.2, 0.25) is 0 Å². The third-order valence-electron chi connectivity index (χ3n) is 2.82. The summed E-state index contributed by atoms with van der Waals surface area (Å²) in [5, 5.41) is 9.51. The first-order chi connectivity index (χ1) is 6.31. The van der Waals surface area contributed by atoms with Crippen LogP contribution < -0.4 is 0 Å². The van der Waals surface area contributed by atoms with Crippen LogP contribution in [0.5, 0.6) is 0 Å². The summed E-state index contributed by atoms with van der Waals surface area (Å²) >= 11 is 0. The highest BCUT2D eigenvalue weighted by molar-refractivity contribution is 4.94. The molecule has 0 aromatic heterocycles. The molecule has 2 saturated heterocycles. The molecule has 13 heavy (non-hydrogen) atoms. The molecule has 3 nitrogen and oxygen atoms in total. The van der Waals surface area contributed by atoms with Gasteiger partial charge in [-0.15, -0.1) is 6.58 Å². The topological polar surface area (TPSA) is 38.7 Å². The Hall–Kier alpha value is -0.380. The average molecular weight is 184 g/mol. The molecule has 4 atom stereocenters. The van der Waals surface area contributed by atoms with E-state index in [4.69, 9.17) is 9.47 Å². The first-order valence-electron chi connectivity index (χ1n) is 4.89. The van der Waals surface area contributed by atoms with Crippen molar-refractivity contribution in [1.29, 1.82) is 0 Å². The van der Waals surface area contributed by atoms with E-state index in [1.165, 1.54) is 6.08 Å². The van der Waals surface area contributed by atoms with E-state index < -0.39 is 6.10 Å². The third kappa shape index (κ3) is 1.77. The summed E-state index contributed by atoms with van der Waals surface area (Å²) in [5.74, 6) is 0. The molecule has 0 aliphatic carbocycles. The van der Waals surface area contributed by atoms with Gasteiger partial charge in [-0.2, -0.15) is 0 Å². The molecule has 0 saturated carbocycles. The number of ether oxygens (including phenoxy) is 2. The number of fused-ring (bicyclic) bond motifs is 1. The van der Waals surface area contributed by atoms with Crippen molar-refractivity contribution in [2.75, 3.05) is 6.61 Å². The second-order valence-corrected chi connectivity index (χ2v) is 3.73. The maximum atomic E-state index is 9.51. The highest BCUT2D eigenvalue weighted by atomic mass is 16.6. The van der Waals surface area contributed by atoms with Gasteiger partial charge in [0.1, 0.15) is 0 Å². The quantitative estimate of drug-likeness (QED) is 0.647. The van der Waals surface area contributed by atoms with Crippen LogP contribution in [0.1, 0.15) is 19.3 Å². The van der Waals surface area contributed by atoms with Gasteiger partial charge in [0.15, 0.2) is 0 Å². The van der Waals surface area contributed by atoms with E-state index in [9.17, 15) is 5.11 Å². The lowest BCUT2D eigenvalue weighted by Gasteiger charge is -2.23. The van der Waals surface area contributed by atoms with Gasteiger partial charge in [0.05, 0.1) is 24.4 Å². The van der Waals surface area contributed by atoms with Crippen LogP contribution in [0, 0.1) is 0 Å². The SMILES string of the molecule is C=CC(O)C1CC2OCCCC2O1. The largest absolute Gasteiger partial charge is 0.386 e. The zero-order valence-electron chi connectivity index (χ0n) is 7.69. The minimum atomic E-state index is -0.547. The monoisotopic (exact) mass is 184 g/mol. The minimum absolute atomic E-state index is 0.106.